The van der Waals surface area contributed by atoms with E-state index in [1.54, 1.807) is 7.11 Å². The summed E-state index contributed by atoms with van der Waals surface area (Å²) in [6.45, 7) is 3.26. The molecule has 0 radical (unpaired) electrons. The molecule has 1 aliphatic rings. The van der Waals surface area contributed by atoms with Crippen LogP contribution in [0, 0.1) is 0 Å². The van der Waals surface area contributed by atoms with Crippen LogP contribution >= 0.6 is 0 Å². The van der Waals surface area contributed by atoms with E-state index in [0.717, 1.165) is 36.5 Å². The molecule has 0 saturated heterocycles. The van der Waals surface area contributed by atoms with Crippen molar-refractivity contribution in [3.8, 4) is 11.5 Å². The lowest BCUT2D eigenvalue weighted by atomic mass is 10.0. The Morgan fingerprint density at radius 1 is 1.20 bits per heavy atom. The van der Waals surface area contributed by atoms with Gasteiger partial charge in [-0.1, -0.05) is 24.3 Å². The highest BCUT2D eigenvalue weighted by Crippen LogP contribution is 2.26. The summed E-state index contributed by atoms with van der Waals surface area (Å²) in [5, 5.41) is 5.87. The Bertz CT molecular complexity index is 728. The zero-order valence-electron chi connectivity index (χ0n) is 14.7. The van der Waals surface area contributed by atoms with E-state index in [9.17, 15) is 4.79 Å². The number of hydrogen-bond acceptors (Lipinski definition) is 3. The number of ether oxygens (including phenoxy) is 2. The highest BCUT2D eigenvalue weighted by molar-refractivity contribution is 5.74. The zero-order valence-corrected chi connectivity index (χ0v) is 14.7. The maximum Gasteiger partial charge on any atom is 0.315 e. The second-order valence-corrected chi connectivity index (χ2v) is 6.32. The van der Waals surface area contributed by atoms with Crippen molar-refractivity contribution in [3.05, 3.63) is 59.2 Å². The second-order valence-electron chi connectivity index (χ2n) is 6.32. The van der Waals surface area contributed by atoms with E-state index in [4.69, 9.17) is 9.47 Å². The normalized spacial score (nSPS) is 13.5. The maximum atomic E-state index is 12.1. The smallest absolute Gasteiger partial charge is 0.315 e. The van der Waals surface area contributed by atoms with Gasteiger partial charge in [0.05, 0.1) is 13.7 Å². The molecule has 2 amide bonds. The number of hydrogen-bond donors (Lipinski definition) is 2. The fourth-order valence-electron chi connectivity index (χ4n) is 2.97. The molecule has 0 bridgehead atoms. The summed E-state index contributed by atoms with van der Waals surface area (Å²) in [5.41, 5.74) is 3.50. The van der Waals surface area contributed by atoms with Crippen molar-refractivity contribution in [2.45, 2.75) is 32.4 Å². The monoisotopic (exact) mass is 340 g/mol. The summed E-state index contributed by atoms with van der Waals surface area (Å²) in [6, 6.07) is 13.8. The molecule has 0 fully saturated rings. The molecule has 0 spiro atoms. The molecule has 0 saturated carbocycles. The molecule has 1 heterocycles. The molecule has 3 rings (SSSR count). The van der Waals surface area contributed by atoms with Crippen molar-refractivity contribution < 1.29 is 14.3 Å². The fraction of sp³-hybridized carbons (Fsp3) is 0.350. The zero-order chi connectivity index (χ0) is 17.6. The van der Waals surface area contributed by atoms with Crippen LogP contribution in [0.2, 0.25) is 0 Å². The van der Waals surface area contributed by atoms with Crippen molar-refractivity contribution in [2.75, 3.05) is 13.7 Å². The van der Waals surface area contributed by atoms with Gasteiger partial charge in [-0.3, -0.25) is 0 Å². The Morgan fingerprint density at radius 2 is 1.96 bits per heavy atom. The van der Waals surface area contributed by atoms with Crippen LogP contribution in [-0.4, -0.2) is 25.8 Å². The molecule has 25 heavy (non-hydrogen) atoms. The van der Waals surface area contributed by atoms with Crippen LogP contribution in [-0.2, 0) is 19.4 Å². The third kappa shape index (κ3) is 4.66. The predicted octanol–water partition coefficient (Wildman–Crippen LogP) is 3.06. The van der Waals surface area contributed by atoms with Crippen LogP contribution in [0.1, 0.15) is 23.6 Å². The van der Waals surface area contributed by atoms with Crippen LogP contribution in [0.4, 0.5) is 4.79 Å². The molecule has 1 atom stereocenters. The van der Waals surface area contributed by atoms with Gasteiger partial charge in [-0.25, -0.2) is 4.79 Å². The number of urea groups is 1. The molecule has 2 aromatic rings. The molecule has 0 unspecified atom stereocenters. The first-order valence-electron chi connectivity index (χ1n) is 8.56. The average molecular weight is 340 g/mol. The molecule has 5 nitrogen and oxygen atoms in total. The highest BCUT2D eigenvalue weighted by atomic mass is 16.5. The Morgan fingerprint density at radius 3 is 2.72 bits per heavy atom. The molecule has 132 valence electrons. The van der Waals surface area contributed by atoms with E-state index in [1.807, 2.05) is 37.3 Å². The molecule has 2 N–H and O–H groups in total. The Kier molecular flexibility index (Phi) is 5.43. The van der Waals surface area contributed by atoms with Crippen LogP contribution in [0.25, 0.3) is 0 Å². The molecule has 1 aliphatic heterocycles. The van der Waals surface area contributed by atoms with Gasteiger partial charge in [0.15, 0.2) is 0 Å². The number of carbonyl (C=O) groups is 1. The van der Waals surface area contributed by atoms with Crippen molar-refractivity contribution in [3.63, 3.8) is 0 Å². The Labute approximate surface area is 148 Å². The summed E-state index contributed by atoms with van der Waals surface area (Å²) in [7, 11) is 1.64. The summed E-state index contributed by atoms with van der Waals surface area (Å²) >= 11 is 0. The molecule has 0 aromatic heterocycles. The number of benzene rings is 2. The third-order valence-corrected chi connectivity index (χ3v) is 4.29. The van der Waals surface area contributed by atoms with Crippen molar-refractivity contribution in [2.24, 2.45) is 0 Å². The molecule has 0 aliphatic carbocycles. The number of fused-ring (bicyclic) bond motifs is 1. The Balaban J connectivity index is 1.45. The van der Waals surface area contributed by atoms with E-state index in [0.29, 0.717) is 6.54 Å². The SMILES string of the molecule is COc1ccc(CNC(=O)N[C@@H](C)Cc2ccc3c(c2)CCO3)cc1. The lowest BCUT2D eigenvalue weighted by Gasteiger charge is -2.15. The van der Waals surface area contributed by atoms with E-state index < -0.39 is 0 Å². The van der Waals surface area contributed by atoms with Crippen LogP contribution in [0.15, 0.2) is 42.5 Å². The van der Waals surface area contributed by atoms with Crippen LogP contribution in [0.3, 0.4) is 0 Å². The predicted molar refractivity (Wildman–Crippen MR) is 97.2 cm³/mol. The average Bonchev–Trinajstić information content (AvgIpc) is 3.08. The number of nitrogens with one attached hydrogen (secondary N) is 2. The summed E-state index contributed by atoms with van der Waals surface area (Å²) in [6.07, 6.45) is 1.76. The lowest BCUT2D eigenvalue weighted by Crippen LogP contribution is -2.41. The van der Waals surface area contributed by atoms with Gasteiger partial charge < -0.3 is 20.1 Å². The van der Waals surface area contributed by atoms with Crippen molar-refractivity contribution in [1.29, 1.82) is 0 Å². The summed E-state index contributed by atoms with van der Waals surface area (Å²) in [4.78, 5) is 12.1. The molecule has 2 aromatic carbocycles. The second kappa shape index (κ2) is 7.92. The van der Waals surface area contributed by atoms with Gasteiger partial charge in [-0.2, -0.15) is 0 Å². The number of methoxy groups -OCH3 is 1. The maximum absolute atomic E-state index is 12.1. The van der Waals surface area contributed by atoms with Crippen LogP contribution < -0.4 is 20.1 Å². The van der Waals surface area contributed by atoms with Crippen molar-refractivity contribution in [1.82, 2.24) is 10.6 Å². The first-order chi connectivity index (χ1) is 12.1. The fourth-order valence-corrected chi connectivity index (χ4v) is 2.97. The first kappa shape index (κ1) is 17.1. The van der Waals surface area contributed by atoms with Gasteiger partial charge in [-0.05, 0) is 48.2 Å². The minimum Gasteiger partial charge on any atom is -0.497 e. The lowest BCUT2D eigenvalue weighted by molar-refractivity contribution is 0.237. The quantitative estimate of drug-likeness (QED) is 0.850. The third-order valence-electron chi connectivity index (χ3n) is 4.29. The number of carbonyl (C=O) groups excluding carboxylic acids is 1. The minimum atomic E-state index is -0.159. The first-order valence-corrected chi connectivity index (χ1v) is 8.56. The summed E-state index contributed by atoms with van der Waals surface area (Å²) in [5.74, 6) is 1.79. The van der Waals surface area contributed by atoms with Gasteiger partial charge in [0.1, 0.15) is 11.5 Å². The standard InChI is InChI=1S/C20H24N2O3/c1-14(11-16-5-8-19-17(12-16)9-10-25-19)22-20(23)21-13-15-3-6-18(24-2)7-4-15/h3-8,12,14H,9-11,13H2,1-2H3,(H2,21,22,23)/t14-/m0/s1. The van der Waals surface area contributed by atoms with E-state index in [2.05, 4.69) is 22.8 Å². The van der Waals surface area contributed by atoms with E-state index in [-0.39, 0.29) is 12.1 Å². The van der Waals surface area contributed by atoms with E-state index in [1.165, 1.54) is 11.1 Å². The van der Waals surface area contributed by atoms with E-state index >= 15 is 0 Å². The summed E-state index contributed by atoms with van der Waals surface area (Å²) < 4.78 is 10.6. The van der Waals surface area contributed by atoms with Gasteiger partial charge >= 0.3 is 6.03 Å². The van der Waals surface area contributed by atoms with Gasteiger partial charge in [0.25, 0.3) is 0 Å². The Hall–Kier alpha value is -2.69. The molecular weight excluding hydrogens is 316 g/mol. The molecular formula is C20H24N2O3. The van der Waals surface area contributed by atoms with Gasteiger partial charge in [0, 0.05) is 19.0 Å². The largest absolute Gasteiger partial charge is 0.497 e. The molecule has 5 heteroatoms. The number of rotatable bonds is 6. The van der Waals surface area contributed by atoms with Crippen LogP contribution in [0.5, 0.6) is 11.5 Å². The van der Waals surface area contributed by atoms with Gasteiger partial charge in [-0.15, -0.1) is 0 Å². The minimum absolute atomic E-state index is 0.0521. The highest BCUT2D eigenvalue weighted by Gasteiger charge is 2.14. The van der Waals surface area contributed by atoms with Crippen molar-refractivity contribution >= 4 is 6.03 Å². The number of amides is 2. The van der Waals surface area contributed by atoms with Gasteiger partial charge in [0.2, 0.25) is 0 Å². The topological polar surface area (TPSA) is 59.6 Å².